The van der Waals surface area contributed by atoms with E-state index < -0.39 is 0 Å². The Labute approximate surface area is 231 Å². The highest BCUT2D eigenvalue weighted by Crippen LogP contribution is 2.39. The van der Waals surface area contributed by atoms with Crippen LogP contribution in [-0.2, 0) is 23.7 Å². The number of fused-ring (bicyclic) bond motifs is 6. The fourth-order valence-corrected chi connectivity index (χ4v) is 6.31. The second-order valence-corrected chi connectivity index (χ2v) is 12.9. The molecule has 3 nitrogen and oxygen atoms in total. The topological polar surface area (TPSA) is 38.9 Å². The predicted octanol–water partition coefficient (Wildman–Crippen LogP) is 9.84. The van der Waals surface area contributed by atoms with E-state index in [2.05, 4.69) is 90.1 Å². The van der Waals surface area contributed by atoms with E-state index >= 15 is 0 Å². The minimum absolute atomic E-state index is 0.00529. The van der Waals surface area contributed by atoms with Crippen LogP contribution >= 0.6 is 0 Å². The molecule has 0 aliphatic heterocycles. The molecule has 7 rings (SSSR count). The van der Waals surface area contributed by atoms with Crippen LogP contribution in [-0.4, -0.2) is 9.97 Å². The van der Waals surface area contributed by atoms with E-state index in [1.165, 1.54) is 57.9 Å². The Morgan fingerprint density at radius 3 is 1.79 bits per heavy atom. The van der Waals surface area contributed by atoms with Crippen molar-refractivity contribution in [2.45, 2.75) is 78.1 Å². The summed E-state index contributed by atoms with van der Waals surface area (Å²) in [6.45, 7) is 13.6. The molecule has 1 aliphatic rings. The largest absolute Gasteiger partial charge is 0.454 e. The molecule has 3 aromatic carbocycles. The highest BCUT2D eigenvalue weighted by molar-refractivity contribution is 6.08. The quantitative estimate of drug-likeness (QED) is 0.202. The van der Waals surface area contributed by atoms with Gasteiger partial charge in [0.15, 0.2) is 5.58 Å². The normalized spacial score (nSPS) is 14.0. The number of hydrogen-bond donors (Lipinski definition) is 0. The van der Waals surface area contributed by atoms with E-state index in [1.54, 1.807) is 0 Å². The Kier molecular flexibility index (Phi) is 6.21. The molecular weight excluding hydrogens is 476 g/mol. The molecule has 1 aliphatic carbocycles. The summed E-state index contributed by atoms with van der Waals surface area (Å²) in [5.41, 5.74) is 10.8. The van der Waals surface area contributed by atoms with Gasteiger partial charge in [-0.05, 0) is 71.9 Å². The van der Waals surface area contributed by atoms with Gasteiger partial charge in [-0.1, -0.05) is 90.1 Å². The summed E-state index contributed by atoms with van der Waals surface area (Å²) in [4.78, 5) is 9.74. The Hall–Kier alpha value is -3.72. The Morgan fingerprint density at radius 2 is 1.13 bits per heavy atom. The van der Waals surface area contributed by atoms with Crippen LogP contribution in [0.3, 0.4) is 0 Å². The van der Waals surface area contributed by atoms with Crippen molar-refractivity contribution in [2.24, 2.45) is 0 Å². The van der Waals surface area contributed by atoms with Crippen LogP contribution in [0.5, 0.6) is 0 Å². The first-order valence-electron chi connectivity index (χ1n) is 14.2. The summed E-state index contributed by atoms with van der Waals surface area (Å²) in [6.07, 6.45) is 4.97. The van der Waals surface area contributed by atoms with Crippen molar-refractivity contribution in [2.75, 3.05) is 0 Å². The lowest BCUT2D eigenvalue weighted by atomic mass is 9.78. The lowest BCUT2D eigenvalue weighted by Gasteiger charge is -2.28. The van der Waals surface area contributed by atoms with E-state index in [4.69, 9.17) is 14.4 Å². The second-order valence-electron chi connectivity index (χ2n) is 12.9. The number of nitrogens with zero attached hydrogens (tertiary/aromatic N) is 2. The molecule has 0 fully saturated rings. The van der Waals surface area contributed by atoms with Crippen LogP contribution in [0.1, 0.15) is 76.8 Å². The molecule has 0 amide bonds. The molecule has 6 aromatic rings. The van der Waals surface area contributed by atoms with E-state index in [9.17, 15) is 0 Å². The summed E-state index contributed by atoms with van der Waals surface area (Å²) in [7, 11) is 0. The molecule has 0 bridgehead atoms. The van der Waals surface area contributed by atoms with Gasteiger partial charge in [0.25, 0.3) is 0 Å². The minimum atomic E-state index is -0.00529. The van der Waals surface area contributed by atoms with Gasteiger partial charge in [0.2, 0.25) is 0 Å². The van der Waals surface area contributed by atoms with E-state index in [0.29, 0.717) is 0 Å². The molecular formula is C36H38N2O. The fourth-order valence-electron chi connectivity index (χ4n) is 6.31. The third-order valence-electron chi connectivity index (χ3n) is 7.87. The first-order chi connectivity index (χ1) is 18.6. The van der Waals surface area contributed by atoms with Crippen molar-refractivity contribution in [1.82, 2.24) is 9.97 Å². The van der Waals surface area contributed by atoms with Gasteiger partial charge in [-0.25, -0.2) is 4.98 Å². The Bertz CT molecular complexity index is 1830. The van der Waals surface area contributed by atoms with Gasteiger partial charge in [-0.15, -0.1) is 0 Å². The van der Waals surface area contributed by atoms with Crippen molar-refractivity contribution < 1.29 is 4.42 Å². The molecule has 198 valence electrons. The molecule has 39 heavy (non-hydrogen) atoms. The molecule has 0 saturated carbocycles. The number of aromatic nitrogens is 2. The van der Waals surface area contributed by atoms with Crippen LogP contribution in [0.2, 0.25) is 0 Å². The van der Waals surface area contributed by atoms with Crippen molar-refractivity contribution in [3.63, 3.8) is 0 Å². The van der Waals surface area contributed by atoms with E-state index in [0.717, 1.165) is 34.0 Å². The van der Waals surface area contributed by atoms with Gasteiger partial charge in [-0.3, -0.25) is 4.98 Å². The van der Waals surface area contributed by atoms with Crippen LogP contribution in [0.4, 0.5) is 0 Å². The summed E-state index contributed by atoms with van der Waals surface area (Å²) in [5, 5.41) is 3.62. The van der Waals surface area contributed by atoms with Gasteiger partial charge in [0.1, 0.15) is 11.1 Å². The number of pyridine rings is 2. The van der Waals surface area contributed by atoms with Gasteiger partial charge < -0.3 is 4.42 Å². The Morgan fingerprint density at radius 1 is 0.590 bits per heavy atom. The van der Waals surface area contributed by atoms with E-state index in [1.807, 2.05) is 24.3 Å². The summed E-state index contributed by atoms with van der Waals surface area (Å²) in [5.74, 6) is 0. The lowest BCUT2D eigenvalue weighted by Crippen LogP contribution is -2.19. The highest BCUT2D eigenvalue weighted by atomic mass is 16.3. The third kappa shape index (κ3) is 4.58. The lowest BCUT2D eigenvalue weighted by molar-refractivity contribution is 0.570. The Balaban J connectivity index is 0.000000144. The zero-order valence-corrected chi connectivity index (χ0v) is 24.1. The SMILES string of the molecule is CC(C)(C)c1c2c(nc3ccccc13)CCCC2.CC(C)(C)c1c2ccccc2nc2c1oc1ccccc12. The number of aryl methyl sites for hydroxylation is 1. The van der Waals surface area contributed by atoms with E-state index in [-0.39, 0.29) is 10.8 Å². The number of hydrogen-bond acceptors (Lipinski definition) is 3. The maximum atomic E-state index is 6.16. The van der Waals surface area contributed by atoms with Crippen molar-refractivity contribution >= 4 is 43.9 Å². The number of para-hydroxylation sites is 3. The van der Waals surface area contributed by atoms with Crippen molar-refractivity contribution in [3.05, 3.63) is 95.2 Å². The summed E-state index contributed by atoms with van der Waals surface area (Å²) >= 11 is 0. The monoisotopic (exact) mass is 514 g/mol. The summed E-state index contributed by atoms with van der Waals surface area (Å²) < 4.78 is 6.16. The van der Waals surface area contributed by atoms with Gasteiger partial charge in [0.05, 0.1) is 11.0 Å². The smallest absolute Gasteiger partial charge is 0.158 e. The van der Waals surface area contributed by atoms with Gasteiger partial charge >= 0.3 is 0 Å². The molecule has 3 heteroatoms. The van der Waals surface area contributed by atoms with Crippen molar-refractivity contribution in [3.8, 4) is 0 Å². The maximum absolute atomic E-state index is 6.16. The van der Waals surface area contributed by atoms with Crippen LogP contribution in [0, 0.1) is 0 Å². The standard InChI is InChI=1S/C19H17NO.C17H21N/c1-19(2,3)16-12-8-4-6-10-14(12)20-17-13-9-5-7-11-15(13)21-18(16)17;1-17(2,3)16-12-8-4-6-10-14(12)18-15-11-7-5-9-13(15)16/h4-11H,1-3H3;4,6,8,10H,5,7,9,11H2,1-3H3. The predicted molar refractivity (Wildman–Crippen MR) is 165 cm³/mol. The number of furan rings is 1. The average Bonchev–Trinajstić information content (AvgIpc) is 3.27. The highest BCUT2D eigenvalue weighted by Gasteiger charge is 2.26. The van der Waals surface area contributed by atoms with Crippen molar-refractivity contribution in [1.29, 1.82) is 0 Å². The first kappa shape index (κ1) is 25.6. The molecule has 0 saturated heterocycles. The maximum Gasteiger partial charge on any atom is 0.158 e. The van der Waals surface area contributed by atoms with Gasteiger partial charge in [0, 0.05) is 27.4 Å². The molecule has 0 radical (unpaired) electrons. The molecule has 0 unspecified atom stereocenters. The van der Waals surface area contributed by atoms with Crippen LogP contribution < -0.4 is 0 Å². The number of benzene rings is 3. The molecule has 3 aromatic heterocycles. The minimum Gasteiger partial charge on any atom is -0.454 e. The second kappa shape index (κ2) is 9.48. The molecule has 3 heterocycles. The fraction of sp³-hybridized carbons (Fsp3) is 0.333. The molecule has 0 N–H and O–H groups in total. The zero-order chi connectivity index (χ0) is 27.4. The third-order valence-corrected chi connectivity index (χ3v) is 7.87. The summed E-state index contributed by atoms with van der Waals surface area (Å²) in [6, 6.07) is 25.0. The van der Waals surface area contributed by atoms with Crippen LogP contribution in [0.15, 0.2) is 77.2 Å². The number of rotatable bonds is 0. The first-order valence-corrected chi connectivity index (χ1v) is 14.2. The van der Waals surface area contributed by atoms with Crippen LogP contribution in [0.25, 0.3) is 43.9 Å². The molecule has 0 spiro atoms. The average molecular weight is 515 g/mol. The zero-order valence-electron chi connectivity index (χ0n) is 24.1. The molecule has 0 atom stereocenters. The van der Waals surface area contributed by atoms with Gasteiger partial charge in [-0.2, -0.15) is 0 Å².